The highest BCUT2D eigenvalue weighted by molar-refractivity contribution is 7.91. The summed E-state index contributed by atoms with van der Waals surface area (Å²) in [4.78, 5) is 13.2. The Morgan fingerprint density at radius 1 is 1.12 bits per heavy atom. The van der Waals surface area contributed by atoms with Gasteiger partial charge in [-0.1, -0.05) is 18.6 Å². The third-order valence-electron chi connectivity index (χ3n) is 4.82. The lowest BCUT2D eigenvalue weighted by atomic mass is 10.0. The van der Waals surface area contributed by atoms with Crippen molar-refractivity contribution in [2.45, 2.75) is 43.9 Å². The van der Waals surface area contributed by atoms with Gasteiger partial charge in [0.05, 0.1) is 6.54 Å². The van der Waals surface area contributed by atoms with Crippen LogP contribution in [0.4, 0.5) is 0 Å². The molecule has 0 bridgehead atoms. The van der Waals surface area contributed by atoms with Crippen molar-refractivity contribution in [3.05, 3.63) is 51.9 Å². The number of thiophene rings is 1. The van der Waals surface area contributed by atoms with Crippen molar-refractivity contribution in [2.75, 3.05) is 13.1 Å². The molecule has 2 aromatic rings. The van der Waals surface area contributed by atoms with E-state index in [0.717, 1.165) is 35.3 Å². The van der Waals surface area contributed by atoms with Crippen LogP contribution in [-0.2, 0) is 16.6 Å². The summed E-state index contributed by atoms with van der Waals surface area (Å²) in [5.41, 5.74) is 2.69. The van der Waals surface area contributed by atoms with Crippen molar-refractivity contribution in [1.29, 1.82) is 0 Å². The molecule has 26 heavy (non-hydrogen) atoms. The molecule has 1 aromatic carbocycles. The monoisotopic (exact) mass is 392 g/mol. The highest BCUT2D eigenvalue weighted by Crippen LogP contribution is 2.27. The number of piperidine rings is 1. The molecule has 7 heteroatoms. The van der Waals surface area contributed by atoms with Gasteiger partial charge in [-0.25, -0.2) is 8.42 Å². The van der Waals surface area contributed by atoms with E-state index in [9.17, 15) is 13.2 Å². The SMILES string of the molecule is Cc1cccc(C(=O)NCc2ccc(S(=O)(=O)N3CCCCC3)s2)c1C. The first kappa shape index (κ1) is 19.1. The summed E-state index contributed by atoms with van der Waals surface area (Å²) in [6, 6.07) is 9.08. The van der Waals surface area contributed by atoms with Gasteiger partial charge < -0.3 is 5.32 Å². The number of nitrogens with one attached hydrogen (secondary N) is 1. The molecule has 140 valence electrons. The second-order valence-corrected chi connectivity index (χ2v) is 9.95. The first-order chi connectivity index (χ1) is 12.4. The molecule has 1 N–H and O–H groups in total. The number of benzene rings is 1. The van der Waals surface area contributed by atoms with Crippen LogP contribution in [0.5, 0.6) is 0 Å². The summed E-state index contributed by atoms with van der Waals surface area (Å²) < 4.78 is 27.3. The number of hydrogen-bond acceptors (Lipinski definition) is 4. The van der Waals surface area contributed by atoms with Crippen LogP contribution < -0.4 is 5.32 Å². The summed E-state index contributed by atoms with van der Waals surface area (Å²) in [6.07, 6.45) is 2.93. The molecule has 0 unspecified atom stereocenters. The molecule has 5 nitrogen and oxygen atoms in total. The summed E-state index contributed by atoms with van der Waals surface area (Å²) in [6.45, 7) is 5.42. The molecule has 0 radical (unpaired) electrons. The van der Waals surface area contributed by atoms with Crippen molar-refractivity contribution in [3.63, 3.8) is 0 Å². The van der Waals surface area contributed by atoms with Gasteiger partial charge in [-0.15, -0.1) is 11.3 Å². The van der Waals surface area contributed by atoms with Gasteiger partial charge in [0, 0.05) is 23.5 Å². The van der Waals surface area contributed by atoms with E-state index in [2.05, 4.69) is 5.32 Å². The third kappa shape index (κ3) is 4.00. The van der Waals surface area contributed by atoms with Gasteiger partial charge in [-0.2, -0.15) is 4.31 Å². The average Bonchev–Trinajstić information content (AvgIpc) is 3.12. The first-order valence-electron chi connectivity index (χ1n) is 8.83. The van der Waals surface area contributed by atoms with Crippen LogP contribution >= 0.6 is 11.3 Å². The van der Waals surface area contributed by atoms with Gasteiger partial charge >= 0.3 is 0 Å². The van der Waals surface area contributed by atoms with Crippen LogP contribution in [0.3, 0.4) is 0 Å². The Bertz CT molecular complexity index is 897. The summed E-state index contributed by atoms with van der Waals surface area (Å²) in [5.74, 6) is -0.139. The topological polar surface area (TPSA) is 66.5 Å². The Balaban J connectivity index is 1.67. The molecule has 0 saturated carbocycles. The van der Waals surface area contributed by atoms with Crippen molar-refractivity contribution in [2.24, 2.45) is 0 Å². The summed E-state index contributed by atoms with van der Waals surface area (Å²) in [7, 11) is -3.41. The molecular weight excluding hydrogens is 368 g/mol. The molecule has 0 aliphatic carbocycles. The fourth-order valence-electron chi connectivity index (χ4n) is 3.08. The van der Waals surface area contributed by atoms with E-state index in [4.69, 9.17) is 0 Å². The predicted molar refractivity (Wildman–Crippen MR) is 104 cm³/mol. The molecule has 1 aliphatic rings. The molecule has 1 amide bonds. The lowest BCUT2D eigenvalue weighted by Crippen LogP contribution is -2.35. The smallest absolute Gasteiger partial charge is 0.252 e. The number of carbonyl (C=O) groups is 1. The molecule has 0 spiro atoms. The molecule has 1 aliphatic heterocycles. The third-order valence-corrected chi connectivity index (χ3v) is 8.27. The van der Waals surface area contributed by atoms with Crippen molar-refractivity contribution < 1.29 is 13.2 Å². The Labute approximate surface area is 159 Å². The average molecular weight is 393 g/mol. The zero-order valence-electron chi connectivity index (χ0n) is 15.1. The van der Waals surface area contributed by atoms with Crippen LogP contribution in [0.15, 0.2) is 34.5 Å². The summed E-state index contributed by atoms with van der Waals surface area (Å²) in [5, 5.41) is 2.89. The maximum atomic E-state index is 12.7. The number of rotatable bonds is 5. The summed E-state index contributed by atoms with van der Waals surface area (Å²) >= 11 is 1.23. The first-order valence-corrected chi connectivity index (χ1v) is 11.1. The second kappa shape index (κ2) is 7.90. The minimum Gasteiger partial charge on any atom is -0.347 e. The molecular formula is C19H24N2O3S2. The number of carbonyl (C=O) groups excluding carboxylic acids is 1. The zero-order valence-corrected chi connectivity index (χ0v) is 16.8. The van der Waals surface area contributed by atoms with Gasteiger partial charge in [0.2, 0.25) is 0 Å². The Kier molecular flexibility index (Phi) is 5.79. The molecule has 1 aromatic heterocycles. The highest BCUT2D eigenvalue weighted by Gasteiger charge is 2.27. The van der Waals surface area contributed by atoms with Crippen molar-refractivity contribution in [1.82, 2.24) is 9.62 Å². The van der Waals surface area contributed by atoms with E-state index in [1.165, 1.54) is 11.3 Å². The Morgan fingerprint density at radius 3 is 2.58 bits per heavy atom. The van der Waals surface area contributed by atoms with E-state index < -0.39 is 10.0 Å². The van der Waals surface area contributed by atoms with Crippen LogP contribution in [0, 0.1) is 13.8 Å². The largest absolute Gasteiger partial charge is 0.347 e. The normalized spacial score (nSPS) is 15.8. The van der Waals surface area contributed by atoms with E-state index >= 15 is 0 Å². The van der Waals surface area contributed by atoms with E-state index in [-0.39, 0.29) is 5.91 Å². The predicted octanol–water partition coefficient (Wildman–Crippen LogP) is 3.47. The minimum absolute atomic E-state index is 0.139. The highest BCUT2D eigenvalue weighted by atomic mass is 32.2. The number of hydrogen-bond donors (Lipinski definition) is 1. The van der Waals surface area contributed by atoms with Crippen LogP contribution in [0.25, 0.3) is 0 Å². The number of amides is 1. The van der Waals surface area contributed by atoms with Crippen LogP contribution in [-0.4, -0.2) is 31.7 Å². The number of aryl methyl sites for hydroxylation is 1. The minimum atomic E-state index is -3.41. The zero-order chi connectivity index (χ0) is 18.7. The molecule has 1 saturated heterocycles. The Hall–Kier alpha value is -1.70. The second-order valence-electron chi connectivity index (χ2n) is 6.62. The quantitative estimate of drug-likeness (QED) is 0.847. The van der Waals surface area contributed by atoms with Gasteiger partial charge in [0.15, 0.2) is 0 Å². The van der Waals surface area contributed by atoms with Crippen LogP contribution in [0.2, 0.25) is 0 Å². The van der Waals surface area contributed by atoms with Crippen molar-refractivity contribution >= 4 is 27.3 Å². The standard InChI is InChI=1S/C19H24N2O3S2/c1-14-7-6-8-17(15(14)2)19(22)20-13-16-9-10-18(25-16)26(23,24)21-11-4-3-5-12-21/h6-10H,3-5,11-13H2,1-2H3,(H,20,22). The van der Waals surface area contributed by atoms with Gasteiger partial charge in [0.1, 0.15) is 4.21 Å². The van der Waals surface area contributed by atoms with Gasteiger partial charge in [-0.05, 0) is 56.0 Å². The van der Waals surface area contributed by atoms with Gasteiger partial charge in [0.25, 0.3) is 15.9 Å². The molecule has 0 atom stereocenters. The van der Waals surface area contributed by atoms with E-state index in [0.29, 0.717) is 29.4 Å². The van der Waals surface area contributed by atoms with Gasteiger partial charge in [-0.3, -0.25) is 4.79 Å². The van der Waals surface area contributed by atoms with E-state index in [1.807, 2.05) is 26.0 Å². The molecule has 3 rings (SSSR count). The number of nitrogens with zero attached hydrogens (tertiary/aromatic N) is 1. The Morgan fingerprint density at radius 2 is 1.85 bits per heavy atom. The molecule has 1 fully saturated rings. The van der Waals surface area contributed by atoms with Crippen LogP contribution in [0.1, 0.15) is 45.6 Å². The fourth-order valence-corrected chi connectivity index (χ4v) is 6.05. The fraction of sp³-hybridized carbons (Fsp3) is 0.421. The molecule has 2 heterocycles. The van der Waals surface area contributed by atoms with E-state index in [1.54, 1.807) is 22.5 Å². The number of sulfonamides is 1. The van der Waals surface area contributed by atoms with Crippen molar-refractivity contribution in [3.8, 4) is 0 Å². The maximum Gasteiger partial charge on any atom is 0.252 e. The maximum absolute atomic E-state index is 12.7. The lowest BCUT2D eigenvalue weighted by molar-refractivity contribution is 0.0950. The lowest BCUT2D eigenvalue weighted by Gasteiger charge is -2.25.